The van der Waals surface area contributed by atoms with Gasteiger partial charge in [-0.1, -0.05) is 19.6 Å². The van der Waals surface area contributed by atoms with Crippen molar-refractivity contribution in [2.24, 2.45) is 0 Å². The predicted octanol–water partition coefficient (Wildman–Crippen LogP) is 8.03. The molecule has 5 nitrogen and oxygen atoms in total. The molecule has 0 aromatic heterocycles. The predicted molar refractivity (Wildman–Crippen MR) is 144 cm³/mol. The molecule has 0 unspecified atom stereocenters. The van der Waals surface area contributed by atoms with Gasteiger partial charge in [0, 0.05) is 32.1 Å². The van der Waals surface area contributed by atoms with E-state index in [0.717, 1.165) is 0 Å². The van der Waals surface area contributed by atoms with Gasteiger partial charge >= 0.3 is 18.4 Å². The van der Waals surface area contributed by atoms with Crippen LogP contribution in [0.2, 0.25) is 0 Å². The standard InChI is InChI=1S/C29H33F7N2O3.CH4/c1-26(2,3)41-25(40)38-12-11-23(22(16-38)17-7-9-21(30)10-8-17)37(6)24(39)27(4,5)18-13-19(28(31,32)33)15-20(14-18)29(34,35)36;/h7-10,13-15,22-23H,11-12,16H2,1-6H3;1H4/t22-,23+;/m1./s1. The van der Waals surface area contributed by atoms with Crippen molar-refractivity contribution in [2.45, 2.75) is 83.8 Å². The van der Waals surface area contributed by atoms with Gasteiger partial charge in [-0.15, -0.1) is 0 Å². The van der Waals surface area contributed by atoms with Gasteiger partial charge in [0.15, 0.2) is 0 Å². The number of benzene rings is 2. The van der Waals surface area contributed by atoms with E-state index in [1.807, 2.05) is 0 Å². The number of ether oxygens (including phenoxy) is 1. The van der Waals surface area contributed by atoms with Crippen LogP contribution in [-0.4, -0.2) is 53.6 Å². The zero-order valence-corrected chi connectivity index (χ0v) is 23.6. The van der Waals surface area contributed by atoms with Crippen molar-refractivity contribution in [3.05, 3.63) is 70.5 Å². The summed E-state index contributed by atoms with van der Waals surface area (Å²) in [5.41, 5.74) is -5.43. The second-order valence-corrected chi connectivity index (χ2v) is 11.8. The Morgan fingerprint density at radius 1 is 0.857 bits per heavy atom. The molecule has 1 saturated heterocycles. The fourth-order valence-corrected chi connectivity index (χ4v) is 4.96. The van der Waals surface area contributed by atoms with Crippen LogP contribution in [0.1, 0.15) is 76.6 Å². The second-order valence-electron chi connectivity index (χ2n) is 11.8. The summed E-state index contributed by atoms with van der Waals surface area (Å²) in [6.07, 6.45) is -10.5. The van der Waals surface area contributed by atoms with Gasteiger partial charge in [-0.2, -0.15) is 26.3 Å². The molecule has 234 valence electrons. The molecule has 12 heteroatoms. The van der Waals surface area contributed by atoms with Crippen LogP contribution in [0.3, 0.4) is 0 Å². The number of halogens is 7. The van der Waals surface area contributed by atoms with E-state index in [-0.39, 0.29) is 33.0 Å². The average Bonchev–Trinajstić information content (AvgIpc) is 2.85. The lowest BCUT2D eigenvalue weighted by atomic mass is 9.79. The third-order valence-electron chi connectivity index (χ3n) is 7.19. The molecule has 2 atom stereocenters. The topological polar surface area (TPSA) is 49.9 Å². The van der Waals surface area contributed by atoms with E-state index >= 15 is 0 Å². The van der Waals surface area contributed by atoms with Gasteiger partial charge in [-0.05, 0) is 82.5 Å². The molecule has 2 aromatic carbocycles. The first kappa shape index (κ1) is 34.9. The normalized spacial score (nSPS) is 18.3. The lowest BCUT2D eigenvalue weighted by Crippen LogP contribution is -2.55. The molecule has 2 amide bonds. The number of amides is 2. The highest BCUT2D eigenvalue weighted by molar-refractivity contribution is 5.87. The fourth-order valence-electron chi connectivity index (χ4n) is 4.96. The summed E-state index contributed by atoms with van der Waals surface area (Å²) in [7, 11) is 1.42. The number of piperidine rings is 1. The van der Waals surface area contributed by atoms with Crippen molar-refractivity contribution in [1.82, 2.24) is 9.80 Å². The Labute approximate surface area is 241 Å². The van der Waals surface area contributed by atoms with Crippen molar-refractivity contribution < 1.29 is 45.1 Å². The molecule has 0 spiro atoms. The van der Waals surface area contributed by atoms with Gasteiger partial charge in [0.25, 0.3) is 0 Å². The van der Waals surface area contributed by atoms with Crippen LogP contribution in [0.5, 0.6) is 0 Å². The van der Waals surface area contributed by atoms with E-state index in [9.17, 15) is 40.3 Å². The van der Waals surface area contributed by atoms with E-state index in [0.29, 0.717) is 17.7 Å². The molecule has 2 aromatic rings. The number of alkyl halides is 6. The summed E-state index contributed by atoms with van der Waals surface area (Å²) >= 11 is 0. The quantitative estimate of drug-likeness (QED) is 0.331. The first-order valence-corrected chi connectivity index (χ1v) is 12.9. The van der Waals surface area contributed by atoms with E-state index in [1.165, 1.54) is 55.0 Å². The summed E-state index contributed by atoms with van der Waals surface area (Å²) < 4.78 is 100. The van der Waals surface area contributed by atoms with Crippen LogP contribution in [0.25, 0.3) is 0 Å². The summed E-state index contributed by atoms with van der Waals surface area (Å²) in [6.45, 7) is 7.93. The molecule has 0 radical (unpaired) electrons. The van der Waals surface area contributed by atoms with Gasteiger partial charge < -0.3 is 14.5 Å². The van der Waals surface area contributed by atoms with Gasteiger partial charge in [-0.3, -0.25) is 4.79 Å². The lowest BCUT2D eigenvalue weighted by molar-refractivity contribution is -0.144. The first-order valence-electron chi connectivity index (χ1n) is 12.9. The minimum Gasteiger partial charge on any atom is -0.444 e. The van der Waals surface area contributed by atoms with Gasteiger partial charge in [0.05, 0.1) is 16.5 Å². The number of rotatable bonds is 4. The van der Waals surface area contributed by atoms with Crippen LogP contribution < -0.4 is 0 Å². The van der Waals surface area contributed by atoms with Crippen LogP contribution in [0.15, 0.2) is 42.5 Å². The van der Waals surface area contributed by atoms with Crippen LogP contribution >= 0.6 is 0 Å². The largest absolute Gasteiger partial charge is 0.444 e. The molecular weight excluding hydrogens is 569 g/mol. The Morgan fingerprint density at radius 2 is 1.33 bits per heavy atom. The van der Waals surface area contributed by atoms with Crippen LogP contribution in [0.4, 0.5) is 35.5 Å². The molecule has 0 N–H and O–H groups in total. The molecule has 1 heterocycles. The zero-order valence-electron chi connectivity index (χ0n) is 23.6. The first-order chi connectivity index (χ1) is 18.6. The summed E-state index contributed by atoms with van der Waals surface area (Å²) in [6, 6.07) is 6.00. The Kier molecular flexibility index (Phi) is 10.1. The van der Waals surface area contributed by atoms with Crippen molar-refractivity contribution in [3.8, 4) is 0 Å². The number of carbonyl (C=O) groups is 2. The minimum absolute atomic E-state index is 0. The maximum Gasteiger partial charge on any atom is 0.416 e. The molecular formula is C30H37F7N2O3. The van der Waals surface area contributed by atoms with Gasteiger partial charge in [-0.25, -0.2) is 9.18 Å². The molecule has 0 bridgehead atoms. The number of likely N-dealkylation sites (tertiary alicyclic amines) is 1. The highest BCUT2D eigenvalue weighted by atomic mass is 19.4. The maximum atomic E-state index is 13.8. The Bertz CT molecular complexity index is 1230. The Morgan fingerprint density at radius 3 is 1.79 bits per heavy atom. The monoisotopic (exact) mass is 606 g/mol. The van der Waals surface area contributed by atoms with Crippen molar-refractivity contribution in [3.63, 3.8) is 0 Å². The third kappa shape index (κ3) is 7.95. The average molecular weight is 607 g/mol. The molecule has 42 heavy (non-hydrogen) atoms. The molecule has 1 fully saturated rings. The van der Waals surface area contributed by atoms with Gasteiger partial charge in [0.1, 0.15) is 11.4 Å². The number of likely N-dealkylation sites (N-methyl/N-ethyl adjacent to an activating group) is 1. The van der Waals surface area contributed by atoms with Crippen molar-refractivity contribution in [1.29, 1.82) is 0 Å². The molecule has 1 aliphatic heterocycles. The molecule has 1 aliphatic rings. The smallest absolute Gasteiger partial charge is 0.416 e. The van der Waals surface area contributed by atoms with Crippen molar-refractivity contribution >= 4 is 12.0 Å². The van der Waals surface area contributed by atoms with E-state index in [1.54, 1.807) is 20.8 Å². The Balaban J connectivity index is 0.00000616. The summed E-state index contributed by atoms with van der Waals surface area (Å²) in [5, 5.41) is 0. The molecule has 3 rings (SSSR count). The fraction of sp³-hybridized carbons (Fsp3) is 0.533. The van der Waals surface area contributed by atoms with Crippen molar-refractivity contribution in [2.75, 3.05) is 20.1 Å². The molecule has 0 aliphatic carbocycles. The highest BCUT2D eigenvalue weighted by Gasteiger charge is 2.44. The SMILES string of the molecule is C.CN(C(=O)C(C)(C)c1cc(C(F)(F)F)cc(C(F)(F)F)c1)[C@H]1CCN(C(=O)OC(C)(C)C)C[C@@H]1c1ccc(F)cc1. The third-order valence-corrected chi connectivity index (χ3v) is 7.19. The number of nitrogens with zero attached hydrogens (tertiary/aromatic N) is 2. The zero-order chi connectivity index (χ0) is 31.1. The number of hydrogen-bond acceptors (Lipinski definition) is 3. The summed E-state index contributed by atoms with van der Waals surface area (Å²) in [5.74, 6) is -1.76. The van der Waals surface area contributed by atoms with E-state index in [4.69, 9.17) is 4.74 Å². The molecule has 0 saturated carbocycles. The maximum absolute atomic E-state index is 13.8. The lowest BCUT2D eigenvalue weighted by Gasteiger charge is -2.45. The Hall–Kier alpha value is -3.31. The highest BCUT2D eigenvalue weighted by Crippen LogP contribution is 2.40. The van der Waals surface area contributed by atoms with Crippen LogP contribution in [0, 0.1) is 5.82 Å². The van der Waals surface area contributed by atoms with Crippen LogP contribution in [-0.2, 0) is 27.3 Å². The van der Waals surface area contributed by atoms with E-state index in [2.05, 4.69) is 0 Å². The number of carbonyl (C=O) groups excluding carboxylic acids is 2. The summed E-state index contributed by atoms with van der Waals surface area (Å²) in [4.78, 5) is 29.4. The van der Waals surface area contributed by atoms with Gasteiger partial charge in [0.2, 0.25) is 5.91 Å². The van der Waals surface area contributed by atoms with E-state index < -0.39 is 69.8 Å². The second kappa shape index (κ2) is 12.1. The minimum atomic E-state index is -5.07. The number of hydrogen-bond donors (Lipinski definition) is 0.